The van der Waals surface area contributed by atoms with Gasteiger partial charge in [0, 0.05) is 27.1 Å². The Labute approximate surface area is 215 Å². The van der Waals surface area contributed by atoms with Crippen molar-refractivity contribution in [3.63, 3.8) is 0 Å². The predicted molar refractivity (Wildman–Crippen MR) is 146 cm³/mol. The molecule has 2 amide bonds. The van der Waals surface area contributed by atoms with Gasteiger partial charge in [-0.3, -0.25) is 9.59 Å². The summed E-state index contributed by atoms with van der Waals surface area (Å²) < 4.78 is 11.3. The van der Waals surface area contributed by atoms with Crippen molar-refractivity contribution in [2.45, 2.75) is 39.0 Å². The van der Waals surface area contributed by atoms with Gasteiger partial charge in [-0.15, -0.1) is 0 Å². The summed E-state index contributed by atoms with van der Waals surface area (Å²) in [5.41, 5.74) is 8.54. The van der Waals surface area contributed by atoms with Crippen molar-refractivity contribution in [3.8, 4) is 11.5 Å². The van der Waals surface area contributed by atoms with Crippen molar-refractivity contribution < 1.29 is 19.1 Å². The van der Waals surface area contributed by atoms with E-state index in [0.717, 1.165) is 44.3 Å². The van der Waals surface area contributed by atoms with E-state index < -0.39 is 0 Å². The van der Waals surface area contributed by atoms with Gasteiger partial charge in [0.2, 0.25) is 5.91 Å². The molecule has 0 fully saturated rings. The summed E-state index contributed by atoms with van der Waals surface area (Å²) >= 11 is 0. The molecule has 0 aliphatic rings. The number of nitrogens with two attached hydrogens (primary N) is 1. The lowest BCUT2D eigenvalue weighted by molar-refractivity contribution is -0.130. The molecule has 8 heteroatoms. The van der Waals surface area contributed by atoms with E-state index in [2.05, 4.69) is 4.90 Å². The summed E-state index contributed by atoms with van der Waals surface area (Å²) in [4.78, 5) is 31.0. The maximum atomic E-state index is 13.2. The van der Waals surface area contributed by atoms with Gasteiger partial charge in [0.25, 0.3) is 5.91 Å². The van der Waals surface area contributed by atoms with Gasteiger partial charge in [-0.2, -0.15) is 0 Å². The first-order valence-electron chi connectivity index (χ1n) is 12.5. The second-order valence-electron chi connectivity index (χ2n) is 9.39. The molecular formula is C28H42N4O4. The Hall–Kier alpha value is -3.26. The van der Waals surface area contributed by atoms with Crippen LogP contribution in [0.2, 0.25) is 0 Å². The van der Waals surface area contributed by atoms with Crippen molar-refractivity contribution in [1.29, 1.82) is 0 Å². The Morgan fingerprint density at radius 3 is 2.36 bits per heavy atom. The Bertz CT molecular complexity index is 1010. The van der Waals surface area contributed by atoms with E-state index in [9.17, 15) is 9.59 Å². The minimum atomic E-state index is -0.242. The first kappa shape index (κ1) is 29.0. The van der Waals surface area contributed by atoms with Gasteiger partial charge in [0.1, 0.15) is 11.5 Å². The lowest BCUT2D eigenvalue weighted by Crippen LogP contribution is -2.29. The van der Waals surface area contributed by atoms with Crippen LogP contribution >= 0.6 is 0 Å². The van der Waals surface area contributed by atoms with Gasteiger partial charge in [-0.25, -0.2) is 0 Å². The van der Waals surface area contributed by atoms with E-state index in [0.29, 0.717) is 41.5 Å². The third-order valence-corrected chi connectivity index (χ3v) is 6.11. The van der Waals surface area contributed by atoms with Crippen LogP contribution in [0.25, 0.3) is 0 Å². The Kier molecular flexibility index (Phi) is 11.5. The normalized spacial score (nSPS) is 10.9. The summed E-state index contributed by atoms with van der Waals surface area (Å²) in [6, 6.07) is 10.9. The van der Waals surface area contributed by atoms with Crippen LogP contribution in [-0.4, -0.2) is 76.6 Å². The number of hydrogen-bond donors (Lipinski definition) is 1. The SMILES string of the molecule is COc1cccc(C(=O)N(C)c2ccc(C)cc2OCCCCCC(=O)N(C)CCCN(C)C)c1N. The van der Waals surface area contributed by atoms with Gasteiger partial charge in [-0.1, -0.05) is 12.1 Å². The lowest BCUT2D eigenvalue weighted by Gasteiger charge is -2.22. The van der Waals surface area contributed by atoms with Gasteiger partial charge in [0.15, 0.2) is 0 Å². The molecule has 0 unspecified atom stereocenters. The predicted octanol–water partition coefficient (Wildman–Crippen LogP) is 4.21. The molecule has 0 heterocycles. The summed E-state index contributed by atoms with van der Waals surface area (Å²) in [6.45, 7) is 4.25. The first-order valence-corrected chi connectivity index (χ1v) is 12.5. The molecule has 8 nitrogen and oxygen atoms in total. The number of ether oxygens (including phenoxy) is 2. The van der Waals surface area contributed by atoms with Crippen LogP contribution in [0.5, 0.6) is 11.5 Å². The van der Waals surface area contributed by atoms with Crippen molar-refractivity contribution in [2.24, 2.45) is 0 Å². The molecule has 0 aliphatic heterocycles. The van der Waals surface area contributed by atoms with Gasteiger partial charge in [0.05, 0.1) is 30.7 Å². The number of rotatable bonds is 14. The number of anilines is 2. The minimum Gasteiger partial charge on any atom is -0.495 e. The molecule has 2 aromatic rings. The number of hydrogen-bond acceptors (Lipinski definition) is 6. The van der Waals surface area contributed by atoms with Gasteiger partial charge >= 0.3 is 0 Å². The van der Waals surface area contributed by atoms with Gasteiger partial charge < -0.3 is 29.9 Å². The standard InChI is InChI=1S/C28H42N4O4/c1-21-15-16-23(32(5)28(34)22-12-10-13-24(35-6)27(22)29)25(20-21)36-19-9-7-8-14-26(33)31(4)18-11-17-30(2)3/h10,12-13,15-16,20H,7-9,11,14,17-19,29H2,1-6H3. The maximum Gasteiger partial charge on any atom is 0.260 e. The molecule has 2 N–H and O–H groups in total. The van der Waals surface area contributed by atoms with E-state index in [4.69, 9.17) is 15.2 Å². The summed E-state index contributed by atoms with van der Waals surface area (Å²) in [6.07, 6.45) is 4.07. The Balaban J connectivity index is 1.89. The highest BCUT2D eigenvalue weighted by Crippen LogP contribution is 2.32. The molecule has 0 radical (unpaired) electrons. The number of carbonyl (C=O) groups excluding carboxylic acids is 2. The molecule has 0 saturated carbocycles. The fourth-order valence-electron chi connectivity index (χ4n) is 3.89. The topological polar surface area (TPSA) is 88.3 Å². The molecule has 2 rings (SSSR count). The highest BCUT2D eigenvalue weighted by atomic mass is 16.5. The zero-order valence-electron chi connectivity index (χ0n) is 22.7. The third kappa shape index (κ3) is 8.45. The van der Waals surface area contributed by atoms with Crippen LogP contribution in [0.3, 0.4) is 0 Å². The maximum absolute atomic E-state index is 13.2. The number of carbonyl (C=O) groups is 2. The second kappa shape index (κ2) is 14.3. The van der Waals surface area contributed by atoms with Crippen molar-refractivity contribution in [2.75, 3.05) is 65.6 Å². The highest BCUT2D eigenvalue weighted by Gasteiger charge is 2.21. The zero-order chi connectivity index (χ0) is 26.7. The molecule has 0 bridgehead atoms. The second-order valence-corrected chi connectivity index (χ2v) is 9.39. The monoisotopic (exact) mass is 498 g/mol. The number of para-hydroxylation sites is 1. The molecule has 0 aliphatic carbocycles. The largest absolute Gasteiger partial charge is 0.495 e. The minimum absolute atomic E-state index is 0.188. The fourth-order valence-corrected chi connectivity index (χ4v) is 3.89. The van der Waals surface area contributed by atoms with E-state index >= 15 is 0 Å². The Morgan fingerprint density at radius 2 is 1.67 bits per heavy atom. The molecule has 0 atom stereocenters. The number of methoxy groups -OCH3 is 1. The molecular weight excluding hydrogens is 456 g/mol. The summed E-state index contributed by atoms with van der Waals surface area (Å²) in [5, 5.41) is 0. The van der Waals surface area contributed by atoms with E-state index in [-0.39, 0.29) is 11.8 Å². The smallest absolute Gasteiger partial charge is 0.260 e. The van der Waals surface area contributed by atoms with Crippen LogP contribution in [0.4, 0.5) is 11.4 Å². The molecule has 0 saturated heterocycles. The van der Waals surface area contributed by atoms with Gasteiger partial charge in [-0.05, 0) is 83.1 Å². The number of amides is 2. The fraction of sp³-hybridized carbons (Fsp3) is 0.500. The zero-order valence-corrected chi connectivity index (χ0v) is 22.7. The third-order valence-electron chi connectivity index (χ3n) is 6.11. The molecule has 0 spiro atoms. The van der Waals surface area contributed by atoms with Crippen LogP contribution < -0.4 is 20.1 Å². The number of nitrogen functional groups attached to an aromatic ring is 1. The average Bonchev–Trinajstić information content (AvgIpc) is 2.85. The van der Waals surface area contributed by atoms with Crippen LogP contribution in [0, 0.1) is 6.92 Å². The van der Waals surface area contributed by atoms with Crippen LogP contribution in [0.1, 0.15) is 48.0 Å². The van der Waals surface area contributed by atoms with Crippen LogP contribution in [0.15, 0.2) is 36.4 Å². The molecule has 36 heavy (non-hydrogen) atoms. The number of unbranched alkanes of at least 4 members (excludes halogenated alkanes) is 2. The first-order chi connectivity index (χ1) is 17.1. The lowest BCUT2D eigenvalue weighted by atomic mass is 10.1. The highest BCUT2D eigenvalue weighted by molar-refractivity contribution is 6.10. The van der Waals surface area contributed by atoms with E-state index in [1.165, 1.54) is 7.11 Å². The average molecular weight is 499 g/mol. The van der Waals surface area contributed by atoms with Crippen molar-refractivity contribution >= 4 is 23.2 Å². The molecule has 198 valence electrons. The quantitative estimate of drug-likeness (QED) is 0.310. The molecule has 2 aromatic carbocycles. The molecule has 0 aromatic heterocycles. The summed E-state index contributed by atoms with van der Waals surface area (Å²) in [5.74, 6) is 1.05. The number of benzene rings is 2. The number of nitrogens with zero attached hydrogens (tertiary/aromatic N) is 3. The Morgan fingerprint density at radius 1 is 0.917 bits per heavy atom. The van der Waals surface area contributed by atoms with Crippen LogP contribution in [-0.2, 0) is 4.79 Å². The van der Waals surface area contributed by atoms with Crippen molar-refractivity contribution in [3.05, 3.63) is 47.5 Å². The van der Waals surface area contributed by atoms with E-state index in [1.807, 2.05) is 51.2 Å². The van der Waals surface area contributed by atoms with Crippen molar-refractivity contribution in [1.82, 2.24) is 9.80 Å². The number of aryl methyl sites for hydroxylation is 1. The summed E-state index contributed by atoms with van der Waals surface area (Å²) in [7, 11) is 9.18. The van der Waals surface area contributed by atoms with E-state index in [1.54, 1.807) is 30.1 Å².